The summed E-state index contributed by atoms with van der Waals surface area (Å²) in [4.78, 5) is 14.3. The number of halogens is 1. The smallest absolute Gasteiger partial charge is 0.226 e. The minimum atomic E-state index is 0. The SMILES string of the molecule is CCc1ccc(CC(=O)N2CCC(CNC)CC2)cc1.Cl. The average molecular weight is 311 g/mol. The summed E-state index contributed by atoms with van der Waals surface area (Å²) in [5.41, 5.74) is 2.46. The van der Waals surface area contributed by atoms with E-state index in [4.69, 9.17) is 0 Å². The van der Waals surface area contributed by atoms with Crippen molar-refractivity contribution in [2.24, 2.45) is 5.92 Å². The molecule has 1 saturated heterocycles. The van der Waals surface area contributed by atoms with Gasteiger partial charge in [0, 0.05) is 13.1 Å². The molecule has 1 heterocycles. The normalized spacial score (nSPS) is 15.6. The molecule has 0 radical (unpaired) electrons. The van der Waals surface area contributed by atoms with Crippen molar-refractivity contribution in [3.63, 3.8) is 0 Å². The number of amides is 1. The molecule has 1 fully saturated rings. The Morgan fingerprint density at radius 2 is 1.76 bits per heavy atom. The highest BCUT2D eigenvalue weighted by atomic mass is 35.5. The Morgan fingerprint density at radius 3 is 2.29 bits per heavy atom. The molecule has 1 aliphatic heterocycles. The van der Waals surface area contributed by atoms with Crippen molar-refractivity contribution in [2.45, 2.75) is 32.6 Å². The van der Waals surface area contributed by atoms with E-state index in [2.05, 4.69) is 36.5 Å². The molecule has 0 aliphatic carbocycles. The maximum absolute atomic E-state index is 12.3. The Bertz CT molecular complexity index is 425. The molecule has 1 aromatic rings. The third kappa shape index (κ3) is 5.33. The van der Waals surface area contributed by atoms with Crippen LogP contribution in [0.1, 0.15) is 30.9 Å². The third-order valence-electron chi connectivity index (χ3n) is 4.25. The molecule has 0 saturated carbocycles. The number of hydrogen-bond acceptors (Lipinski definition) is 2. The van der Waals surface area contributed by atoms with E-state index >= 15 is 0 Å². The van der Waals surface area contributed by atoms with Crippen molar-refractivity contribution in [1.82, 2.24) is 10.2 Å². The van der Waals surface area contributed by atoms with Gasteiger partial charge < -0.3 is 10.2 Å². The first-order valence-electron chi connectivity index (χ1n) is 7.73. The fourth-order valence-corrected chi connectivity index (χ4v) is 2.85. The summed E-state index contributed by atoms with van der Waals surface area (Å²) in [6.07, 6.45) is 3.84. The van der Waals surface area contributed by atoms with Crippen LogP contribution in [0.2, 0.25) is 0 Å². The highest BCUT2D eigenvalue weighted by Crippen LogP contribution is 2.17. The predicted octanol–water partition coefficient (Wildman–Crippen LogP) is 2.67. The lowest BCUT2D eigenvalue weighted by Gasteiger charge is -2.32. The number of aryl methyl sites for hydroxylation is 1. The lowest BCUT2D eigenvalue weighted by molar-refractivity contribution is -0.131. The summed E-state index contributed by atoms with van der Waals surface area (Å²) in [6, 6.07) is 8.43. The van der Waals surface area contributed by atoms with Gasteiger partial charge in [0.2, 0.25) is 5.91 Å². The van der Waals surface area contributed by atoms with Gasteiger partial charge in [-0.05, 0) is 49.9 Å². The van der Waals surface area contributed by atoms with Crippen molar-refractivity contribution < 1.29 is 4.79 Å². The number of hydrogen-bond donors (Lipinski definition) is 1. The Balaban J connectivity index is 0.00000220. The molecule has 21 heavy (non-hydrogen) atoms. The quantitative estimate of drug-likeness (QED) is 0.907. The van der Waals surface area contributed by atoms with Crippen LogP contribution in [0.15, 0.2) is 24.3 Å². The molecule has 1 N–H and O–H groups in total. The molecule has 2 rings (SSSR count). The van der Waals surface area contributed by atoms with Gasteiger partial charge in [-0.2, -0.15) is 0 Å². The fourth-order valence-electron chi connectivity index (χ4n) is 2.85. The molecule has 0 aromatic heterocycles. The molecule has 1 aliphatic rings. The number of likely N-dealkylation sites (tertiary alicyclic amines) is 1. The first-order chi connectivity index (χ1) is 9.72. The van der Waals surface area contributed by atoms with Gasteiger partial charge in [0.25, 0.3) is 0 Å². The van der Waals surface area contributed by atoms with Crippen LogP contribution >= 0.6 is 12.4 Å². The van der Waals surface area contributed by atoms with E-state index in [1.54, 1.807) is 0 Å². The lowest BCUT2D eigenvalue weighted by atomic mass is 9.96. The molecule has 0 unspecified atom stereocenters. The maximum atomic E-state index is 12.3. The van der Waals surface area contributed by atoms with Gasteiger partial charge in [-0.25, -0.2) is 0 Å². The molecule has 0 atom stereocenters. The van der Waals surface area contributed by atoms with E-state index in [1.807, 2.05) is 11.9 Å². The molecule has 4 heteroatoms. The Hall–Kier alpha value is -1.06. The standard InChI is InChI=1S/C17H26N2O.ClH/c1-3-14-4-6-15(7-5-14)12-17(20)19-10-8-16(9-11-19)13-18-2;/h4-7,16,18H,3,8-13H2,1-2H3;1H. The fraction of sp³-hybridized carbons (Fsp3) is 0.588. The first kappa shape index (κ1) is 18.0. The second kappa shape index (κ2) is 9.06. The van der Waals surface area contributed by atoms with Crippen LogP contribution in [0, 0.1) is 5.92 Å². The van der Waals surface area contributed by atoms with E-state index in [-0.39, 0.29) is 18.3 Å². The largest absolute Gasteiger partial charge is 0.342 e. The number of carbonyl (C=O) groups excluding carboxylic acids is 1. The first-order valence-corrected chi connectivity index (χ1v) is 7.73. The van der Waals surface area contributed by atoms with Gasteiger partial charge in [-0.3, -0.25) is 4.79 Å². The summed E-state index contributed by atoms with van der Waals surface area (Å²) in [5.74, 6) is 1.00. The molecule has 1 aromatic carbocycles. The van der Waals surface area contributed by atoms with Crippen LogP contribution < -0.4 is 5.32 Å². The van der Waals surface area contributed by atoms with E-state index < -0.39 is 0 Å². The Labute approximate surface area is 134 Å². The van der Waals surface area contributed by atoms with Crippen molar-refractivity contribution in [3.05, 3.63) is 35.4 Å². The Morgan fingerprint density at radius 1 is 1.19 bits per heavy atom. The summed E-state index contributed by atoms with van der Waals surface area (Å²) in [7, 11) is 2.00. The number of carbonyl (C=O) groups is 1. The molecule has 3 nitrogen and oxygen atoms in total. The average Bonchev–Trinajstić information content (AvgIpc) is 2.49. The van der Waals surface area contributed by atoms with Crippen molar-refractivity contribution in [1.29, 1.82) is 0 Å². The van der Waals surface area contributed by atoms with E-state index in [0.717, 1.165) is 50.4 Å². The molecule has 0 bridgehead atoms. The van der Waals surface area contributed by atoms with Crippen LogP contribution in [0.25, 0.3) is 0 Å². The van der Waals surface area contributed by atoms with Gasteiger partial charge in [0.1, 0.15) is 0 Å². The Kier molecular flexibility index (Phi) is 7.76. The van der Waals surface area contributed by atoms with Crippen molar-refractivity contribution >= 4 is 18.3 Å². The number of nitrogens with one attached hydrogen (secondary N) is 1. The highest BCUT2D eigenvalue weighted by molar-refractivity contribution is 5.85. The van der Waals surface area contributed by atoms with Crippen LogP contribution in [0.4, 0.5) is 0 Å². The zero-order valence-electron chi connectivity index (χ0n) is 13.1. The van der Waals surface area contributed by atoms with Crippen LogP contribution in [-0.2, 0) is 17.6 Å². The zero-order valence-corrected chi connectivity index (χ0v) is 13.9. The zero-order chi connectivity index (χ0) is 14.4. The van der Waals surface area contributed by atoms with E-state index in [0.29, 0.717) is 6.42 Å². The van der Waals surface area contributed by atoms with Crippen molar-refractivity contribution in [3.8, 4) is 0 Å². The number of benzene rings is 1. The summed E-state index contributed by atoms with van der Waals surface area (Å²) in [6.45, 7) is 5.05. The summed E-state index contributed by atoms with van der Waals surface area (Å²) in [5, 5.41) is 3.23. The molecular weight excluding hydrogens is 284 g/mol. The second-order valence-corrected chi connectivity index (χ2v) is 5.73. The number of rotatable bonds is 5. The minimum absolute atomic E-state index is 0. The predicted molar refractivity (Wildman–Crippen MR) is 90.0 cm³/mol. The van der Waals surface area contributed by atoms with Gasteiger partial charge in [0.05, 0.1) is 6.42 Å². The monoisotopic (exact) mass is 310 g/mol. The highest BCUT2D eigenvalue weighted by Gasteiger charge is 2.22. The van der Waals surface area contributed by atoms with Crippen LogP contribution in [-0.4, -0.2) is 37.5 Å². The van der Waals surface area contributed by atoms with Gasteiger partial charge >= 0.3 is 0 Å². The molecule has 0 spiro atoms. The van der Waals surface area contributed by atoms with Gasteiger partial charge in [-0.15, -0.1) is 12.4 Å². The maximum Gasteiger partial charge on any atom is 0.226 e. The number of piperidine rings is 1. The molecule has 1 amide bonds. The van der Waals surface area contributed by atoms with Gasteiger partial charge in [-0.1, -0.05) is 31.2 Å². The molecule has 118 valence electrons. The van der Waals surface area contributed by atoms with E-state index in [1.165, 1.54) is 5.56 Å². The van der Waals surface area contributed by atoms with Crippen molar-refractivity contribution in [2.75, 3.05) is 26.7 Å². The van der Waals surface area contributed by atoms with Crippen LogP contribution in [0.5, 0.6) is 0 Å². The lowest BCUT2D eigenvalue weighted by Crippen LogP contribution is -2.41. The second-order valence-electron chi connectivity index (χ2n) is 5.73. The van der Waals surface area contributed by atoms with Gasteiger partial charge in [0.15, 0.2) is 0 Å². The molecular formula is C17H27ClN2O. The van der Waals surface area contributed by atoms with E-state index in [9.17, 15) is 4.79 Å². The number of nitrogens with zero attached hydrogens (tertiary/aromatic N) is 1. The summed E-state index contributed by atoms with van der Waals surface area (Å²) < 4.78 is 0. The topological polar surface area (TPSA) is 32.3 Å². The van der Waals surface area contributed by atoms with Crippen LogP contribution in [0.3, 0.4) is 0 Å². The third-order valence-corrected chi connectivity index (χ3v) is 4.25. The minimum Gasteiger partial charge on any atom is -0.342 e. The summed E-state index contributed by atoms with van der Waals surface area (Å²) >= 11 is 0.